The van der Waals surface area contributed by atoms with Gasteiger partial charge in [0.25, 0.3) is 0 Å². The Morgan fingerprint density at radius 3 is 2.04 bits per heavy atom. The van der Waals surface area contributed by atoms with Gasteiger partial charge in [0, 0.05) is 46.7 Å². The maximum atomic E-state index is 6.51. The second-order valence-corrected chi connectivity index (χ2v) is 12.1. The van der Waals surface area contributed by atoms with Crippen molar-refractivity contribution in [3.05, 3.63) is 170 Å². The summed E-state index contributed by atoms with van der Waals surface area (Å²) in [5, 5.41) is 5.31. The smallest absolute Gasteiger partial charge is 0.503 e. The van der Waals surface area contributed by atoms with Gasteiger partial charge in [-0.05, 0) is 45.7 Å². The van der Waals surface area contributed by atoms with Crippen molar-refractivity contribution in [2.24, 2.45) is 0 Å². The van der Waals surface area contributed by atoms with Gasteiger partial charge in [0.15, 0.2) is 0 Å². The van der Waals surface area contributed by atoms with Gasteiger partial charge in [0.2, 0.25) is 0 Å². The Morgan fingerprint density at radius 1 is 0.540 bits per heavy atom. The Hall–Kier alpha value is -6.03. The molecule has 0 unspecified atom stereocenters. The molecule has 0 aliphatic heterocycles. The number of rotatable bonds is 5. The molecule has 0 N–H and O–H groups in total. The first-order chi connectivity index (χ1) is 24.3. The Labute approximate surface area is 302 Å². The van der Waals surface area contributed by atoms with Crippen molar-refractivity contribution >= 4 is 49.1 Å². The summed E-state index contributed by atoms with van der Waals surface area (Å²) < 4.78 is 10.8. The molecule has 0 amide bonds. The number of nitrogens with zero attached hydrogens (tertiary/aromatic N) is 4. The van der Waals surface area contributed by atoms with Gasteiger partial charge in [-0.1, -0.05) is 119 Å². The van der Waals surface area contributed by atoms with Crippen LogP contribution < -0.4 is 4.74 Å². The molecule has 0 fully saturated rings. The van der Waals surface area contributed by atoms with Crippen molar-refractivity contribution in [2.45, 2.75) is 0 Å². The molecule has 4 aromatic heterocycles. The summed E-state index contributed by atoms with van der Waals surface area (Å²) in [6.07, 6.45) is 5.71. The molecule has 0 radical (unpaired) electrons. The zero-order valence-corrected chi connectivity index (χ0v) is 28.8. The third-order valence-electron chi connectivity index (χ3n) is 9.29. The van der Waals surface area contributed by atoms with E-state index in [1.807, 2.05) is 55.0 Å². The summed E-state index contributed by atoms with van der Waals surface area (Å²) in [5.74, 6) is 2.03. The van der Waals surface area contributed by atoms with Gasteiger partial charge in [0.05, 0.1) is 5.65 Å². The Kier molecular flexibility index (Phi) is 7.30. The maximum Gasteiger partial charge on any atom is 2.00 e. The quantitative estimate of drug-likeness (QED) is 0.128. The van der Waals surface area contributed by atoms with Crippen LogP contribution in [-0.4, -0.2) is 18.9 Å². The first-order valence-corrected chi connectivity index (χ1v) is 16.3. The molecule has 4 heterocycles. The van der Waals surface area contributed by atoms with Gasteiger partial charge in [-0.15, -0.1) is 29.7 Å². The van der Waals surface area contributed by atoms with Crippen molar-refractivity contribution in [1.29, 1.82) is 0 Å². The van der Waals surface area contributed by atoms with Gasteiger partial charge < -0.3 is 13.7 Å². The topological polar surface area (TPSA) is 44.3 Å². The molecule has 0 aliphatic rings. The summed E-state index contributed by atoms with van der Waals surface area (Å²) >= 11 is 0. The number of aromatic nitrogens is 4. The Morgan fingerprint density at radius 2 is 1.24 bits per heavy atom. The number of hydrogen-bond donors (Lipinski definition) is 0. The Balaban J connectivity index is 0.00000336. The molecule has 10 rings (SSSR count). The number of para-hydroxylation sites is 1. The molecular formula is C44H26N4OPt. The van der Waals surface area contributed by atoms with Gasteiger partial charge >= 0.3 is 21.1 Å². The number of fused-ring (bicyclic) bond motifs is 9. The van der Waals surface area contributed by atoms with E-state index in [-0.39, 0.29) is 21.1 Å². The average molecular weight is 822 g/mol. The van der Waals surface area contributed by atoms with Gasteiger partial charge in [-0.2, -0.15) is 6.07 Å². The van der Waals surface area contributed by atoms with Crippen molar-refractivity contribution < 1.29 is 25.8 Å². The van der Waals surface area contributed by atoms with Crippen molar-refractivity contribution in [2.75, 3.05) is 0 Å². The van der Waals surface area contributed by atoms with E-state index in [0.29, 0.717) is 11.5 Å². The normalized spacial score (nSPS) is 11.4. The van der Waals surface area contributed by atoms with E-state index in [1.165, 1.54) is 16.7 Å². The summed E-state index contributed by atoms with van der Waals surface area (Å²) in [6, 6.07) is 55.2. The summed E-state index contributed by atoms with van der Waals surface area (Å²) in [5.41, 5.74) is 8.57. The maximum absolute atomic E-state index is 6.51. The second-order valence-electron chi connectivity index (χ2n) is 12.1. The van der Waals surface area contributed by atoms with Gasteiger partial charge in [-0.3, -0.25) is 4.98 Å². The monoisotopic (exact) mass is 821 g/mol. The Bertz CT molecular complexity index is 2850. The number of pyridine rings is 2. The van der Waals surface area contributed by atoms with Crippen LogP contribution in [0.2, 0.25) is 0 Å². The minimum Gasteiger partial charge on any atom is -0.503 e. The molecule has 6 aromatic carbocycles. The van der Waals surface area contributed by atoms with Crippen molar-refractivity contribution in [1.82, 2.24) is 18.9 Å². The molecule has 0 saturated heterocycles. The van der Waals surface area contributed by atoms with Crippen LogP contribution in [0.25, 0.3) is 77.2 Å². The molecule has 0 spiro atoms. The number of imidazole rings is 1. The third kappa shape index (κ3) is 4.74. The van der Waals surface area contributed by atoms with Crippen molar-refractivity contribution in [3.63, 3.8) is 0 Å². The fourth-order valence-corrected chi connectivity index (χ4v) is 7.19. The fraction of sp³-hybridized carbons (Fsp3) is 0. The number of hydrogen-bond acceptors (Lipinski definition) is 3. The molecule has 5 nitrogen and oxygen atoms in total. The molecule has 0 aliphatic carbocycles. The SMILES string of the molecule is [Pt+2].[c-]1c(Oc2[c-]c3c(cc2)c2ccccc2n3-c2ccccn2)ccc2c1c1nccn1c1c(-c3ccccc3)c(-c3ccccc3)ccc21. The van der Waals surface area contributed by atoms with E-state index >= 15 is 0 Å². The van der Waals surface area contributed by atoms with Gasteiger partial charge in [-0.25, -0.2) is 4.98 Å². The van der Waals surface area contributed by atoms with Crippen LogP contribution in [0.15, 0.2) is 158 Å². The molecule has 0 bridgehead atoms. The largest absolute Gasteiger partial charge is 2.00 e. The second kappa shape index (κ2) is 12.1. The molecule has 10 aromatic rings. The zero-order valence-electron chi connectivity index (χ0n) is 26.5. The van der Waals surface area contributed by atoms with E-state index in [0.717, 1.165) is 60.5 Å². The average Bonchev–Trinajstić information content (AvgIpc) is 3.79. The van der Waals surface area contributed by atoms with Crippen LogP contribution >= 0.6 is 0 Å². The fourth-order valence-electron chi connectivity index (χ4n) is 7.19. The van der Waals surface area contributed by atoms with Crippen LogP contribution in [0.1, 0.15) is 0 Å². The molecule has 238 valence electrons. The van der Waals surface area contributed by atoms with Crippen LogP contribution in [0.5, 0.6) is 11.5 Å². The predicted octanol–water partition coefficient (Wildman–Crippen LogP) is 10.9. The van der Waals surface area contributed by atoms with Crippen LogP contribution in [-0.2, 0) is 21.1 Å². The minimum absolute atomic E-state index is 0. The third-order valence-corrected chi connectivity index (χ3v) is 9.29. The number of benzene rings is 6. The van der Waals surface area contributed by atoms with Crippen LogP contribution in [0, 0.1) is 12.1 Å². The van der Waals surface area contributed by atoms with Crippen molar-refractivity contribution in [3.8, 4) is 39.6 Å². The summed E-state index contributed by atoms with van der Waals surface area (Å²) in [4.78, 5) is 9.50. The minimum atomic E-state index is 0. The van der Waals surface area contributed by atoms with Crippen LogP contribution in [0.3, 0.4) is 0 Å². The molecular weight excluding hydrogens is 796 g/mol. The van der Waals surface area contributed by atoms with E-state index < -0.39 is 0 Å². The molecule has 0 saturated carbocycles. The van der Waals surface area contributed by atoms with E-state index in [4.69, 9.17) is 9.72 Å². The predicted molar refractivity (Wildman–Crippen MR) is 197 cm³/mol. The van der Waals surface area contributed by atoms with E-state index in [1.54, 1.807) is 0 Å². The summed E-state index contributed by atoms with van der Waals surface area (Å²) in [7, 11) is 0. The van der Waals surface area contributed by atoms with Crippen LogP contribution in [0.4, 0.5) is 0 Å². The van der Waals surface area contributed by atoms with Gasteiger partial charge in [0.1, 0.15) is 5.82 Å². The van der Waals surface area contributed by atoms with E-state index in [2.05, 4.69) is 129 Å². The zero-order chi connectivity index (χ0) is 32.3. The molecule has 50 heavy (non-hydrogen) atoms. The number of ether oxygens (including phenoxy) is 1. The first-order valence-electron chi connectivity index (χ1n) is 16.3. The standard InChI is InChI=1S/C44H26N4O.Pt/c1-3-11-29(12-4-1)33-22-23-37-34-20-18-31(27-38(34)44-46-25-26-47(44)43(37)42(33)30-13-5-2-6-14-30)49-32-19-21-36-35-15-7-8-16-39(35)48(40(36)28-32)41-17-9-10-24-45-41;/h1-26H;/q-2;+2. The molecule has 6 heteroatoms. The van der Waals surface area contributed by atoms with E-state index in [9.17, 15) is 0 Å². The summed E-state index contributed by atoms with van der Waals surface area (Å²) in [6.45, 7) is 0. The first kappa shape index (κ1) is 30.1. The molecule has 0 atom stereocenters.